The molecule has 2 spiro atoms. The summed E-state index contributed by atoms with van der Waals surface area (Å²) >= 11 is 0. The van der Waals surface area contributed by atoms with Gasteiger partial charge >= 0.3 is 18.9 Å². The summed E-state index contributed by atoms with van der Waals surface area (Å²) in [5, 5.41) is 11.4. The summed E-state index contributed by atoms with van der Waals surface area (Å²) in [6.07, 6.45) is 22.7. The van der Waals surface area contributed by atoms with Crippen LogP contribution in [0.5, 0.6) is 0 Å². The van der Waals surface area contributed by atoms with Gasteiger partial charge in [0.1, 0.15) is 0 Å². The fraction of sp³-hybridized carbons (Fsp3) is 1.00. The zero-order valence-corrected chi connectivity index (χ0v) is 36.7. The molecule has 8 saturated carbocycles. The van der Waals surface area contributed by atoms with Crippen molar-refractivity contribution in [1.29, 1.82) is 0 Å². The van der Waals surface area contributed by atoms with Crippen LogP contribution < -0.4 is 18.9 Å². The van der Waals surface area contributed by atoms with Gasteiger partial charge in [0.05, 0.1) is 55.6 Å². The van der Waals surface area contributed by atoms with Gasteiger partial charge in [-0.05, 0) is 153 Å². The predicted molar refractivity (Wildman–Crippen MR) is 223 cm³/mol. The molecule has 6 unspecified atom stereocenters. The molecule has 1 N–H and O–H groups in total. The maximum Gasteiger partial charge on any atom is 1.00 e. The Bertz CT molecular complexity index is 1380. The van der Waals surface area contributed by atoms with E-state index in [0.717, 1.165) is 93.0 Å². The summed E-state index contributed by atoms with van der Waals surface area (Å²) < 4.78 is 36.4. The minimum Gasteiger partial charge on any atom is -1.00 e. The molecule has 0 bridgehead atoms. The first kappa shape index (κ1) is 44.5. The number of epoxide rings is 1. The predicted octanol–water partition coefficient (Wildman–Crippen LogP) is 5.50. The second kappa shape index (κ2) is 16.1. The Labute approximate surface area is 370 Å². The molecule has 57 heavy (non-hydrogen) atoms. The maximum absolute atomic E-state index is 11.4. The Hall–Kier alpha value is 0.850. The van der Waals surface area contributed by atoms with Gasteiger partial charge in [-0.1, -0.05) is 54.4 Å². The first-order chi connectivity index (χ1) is 26.4. The Morgan fingerprint density at radius 1 is 0.544 bits per heavy atom. The second-order valence-electron chi connectivity index (χ2n) is 22.6. The van der Waals surface area contributed by atoms with Gasteiger partial charge in [-0.25, -0.2) is 0 Å². The zero-order chi connectivity index (χ0) is 38.0. The van der Waals surface area contributed by atoms with Crippen molar-refractivity contribution in [3.8, 4) is 0 Å². The molecule has 9 heteroatoms. The summed E-state index contributed by atoms with van der Waals surface area (Å²) in [6.45, 7) is 19.8. The molecular weight excluding hydrogens is 722 g/mol. The largest absolute Gasteiger partial charge is 1.00 e. The van der Waals surface area contributed by atoms with Crippen molar-refractivity contribution in [2.45, 2.75) is 181 Å². The summed E-state index contributed by atoms with van der Waals surface area (Å²) in [4.78, 5) is 0. The summed E-state index contributed by atoms with van der Waals surface area (Å²) in [5.74, 6) is 7.17. The van der Waals surface area contributed by atoms with Crippen LogP contribution in [0.15, 0.2) is 0 Å². The normalized spacial score (nSPS) is 54.1. The zero-order valence-electron chi connectivity index (χ0n) is 37.7. The van der Waals surface area contributed by atoms with Gasteiger partial charge in [0.2, 0.25) is 0 Å². The van der Waals surface area contributed by atoms with Crippen LogP contribution in [-0.4, -0.2) is 92.0 Å². The van der Waals surface area contributed by atoms with Gasteiger partial charge in [-0.3, -0.25) is 0 Å². The summed E-state index contributed by atoms with van der Waals surface area (Å²) in [5.41, 5.74) is 0.838. The van der Waals surface area contributed by atoms with E-state index in [1.807, 2.05) is 0 Å². The number of hydrogen-bond donors (Lipinski definition) is 1. The Morgan fingerprint density at radius 2 is 1.05 bits per heavy atom. The van der Waals surface area contributed by atoms with E-state index >= 15 is 0 Å². The smallest absolute Gasteiger partial charge is 1.00 e. The standard InChI is InChI=1S/C22H34O3.C22H36O3.C4H8O.Al.Li.4H/c1-13-6-8-20(2)14(12-13)4-5-15-16-7-9-22(23-10-11-24-22)21(16,3)19-18(25-19)17(15)20;1-14-6-8-20(2)15(12-14)4-5-16-17-7-9-22(24-10-11-25-22)21(17,3)19(23)13-18(16)20;1-2-4-5-3-1;;;;;;/h13-19H,4-12H2,1-3H3;14-19,23H,4-13H2,1-3H3;1-4H2;;;;;;/q;;;;+1;;;;-1/t13-,14-,15?,16?,17?,18+,19+,20+,21-;14-,15-,16?,17?,18?,19+,20+,21-;;;;;;;/m11......./s1. The van der Waals surface area contributed by atoms with E-state index < -0.39 is 5.79 Å². The molecular formula is C48H82AlLiO7. The van der Waals surface area contributed by atoms with Crippen LogP contribution in [0.4, 0.5) is 0 Å². The van der Waals surface area contributed by atoms with Crippen LogP contribution in [-0.2, 0) is 28.4 Å². The van der Waals surface area contributed by atoms with Crippen LogP contribution in [0.25, 0.3) is 0 Å². The van der Waals surface area contributed by atoms with E-state index in [-0.39, 0.29) is 60.4 Å². The number of fused-ring (bicyclic) bond motifs is 15. The molecule has 7 nitrogen and oxygen atoms in total. The number of aliphatic hydroxyl groups is 1. The van der Waals surface area contributed by atoms with Crippen LogP contribution in [0.1, 0.15) is 152 Å². The average molecular weight is 805 g/mol. The number of ether oxygens (including phenoxy) is 6. The molecule has 0 amide bonds. The van der Waals surface area contributed by atoms with Crippen LogP contribution in [0.3, 0.4) is 0 Å². The van der Waals surface area contributed by atoms with Gasteiger partial charge < -0.3 is 35.0 Å². The molecule has 0 aromatic carbocycles. The Morgan fingerprint density at radius 3 is 1.61 bits per heavy atom. The van der Waals surface area contributed by atoms with Gasteiger partial charge in [-0.2, -0.15) is 0 Å². The number of hydrogen-bond acceptors (Lipinski definition) is 7. The third kappa shape index (κ3) is 6.53. The average Bonchev–Trinajstić information content (AvgIpc) is 3.78. The van der Waals surface area contributed by atoms with Crippen molar-refractivity contribution in [3.05, 3.63) is 0 Å². The topological polar surface area (TPSA) is 78.9 Å². The van der Waals surface area contributed by atoms with Crippen molar-refractivity contribution < 1.29 is 53.8 Å². The van der Waals surface area contributed by atoms with Crippen LogP contribution in [0.2, 0.25) is 0 Å². The third-order valence-electron chi connectivity index (χ3n) is 20.6. The van der Waals surface area contributed by atoms with Gasteiger partial charge in [-0.15, -0.1) is 0 Å². The van der Waals surface area contributed by atoms with Gasteiger partial charge in [0.15, 0.2) is 28.9 Å². The quantitative estimate of drug-likeness (QED) is 0.256. The molecule has 17 atom stereocenters. The van der Waals surface area contributed by atoms with E-state index in [1.165, 1.54) is 89.9 Å². The number of rotatable bonds is 0. The van der Waals surface area contributed by atoms with Crippen molar-refractivity contribution in [2.24, 2.45) is 80.8 Å². The fourth-order valence-electron chi connectivity index (χ4n) is 17.6. The Kier molecular flexibility index (Phi) is 12.6. The number of aliphatic hydroxyl groups excluding tert-OH is 1. The van der Waals surface area contributed by atoms with E-state index in [9.17, 15) is 5.11 Å². The first-order valence-corrected chi connectivity index (χ1v) is 23.9. The summed E-state index contributed by atoms with van der Waals surface area (Å²) in [7, 11) is 0. The molecule has 4 heterocycles. The second-order valence-corrected chi connectivity index (χ2v) is 22.6. The fourth-order valence-corrected chi connectivity index (χ4v) is 17.6. The molecule has 8 aliphatic carbocycles. The van der Waals surface area contributed by atoms with E-state index in [4.69, 9.17) is 28.4 Å². The minimum absolute atomic E-state index is 0. The molecule has 0 aromatic rings. The van der Waals surface area contributed by atoms with E-state index in [2.05, 4.69) is 41.5 Å². The molecule has 4 aliphatic heterocycles. The van der Waals surface area contributed by atoms with Crippen molar-refractivity contribution >= 4 is 17.4 Å². The van der Waals surface area contributed by atoms with Crippen molar-refractivity contribution in [3.63, 3.8) is 0 Å². The molecule has 12 rings (SSSR count). The molecule has 12 fully saturated rings. The van der Waals surface area contributed by atoms with Crippen molar-refractivity contribution in [1.82, 2.24) is 0 Å². The van der Waals surface area contributed by atoms with Crippen LogP contribution in [0, 0.1) is 80.8 Å². The summed E-state index contributed by atoms with van der Waals surface area (Å²) in [6, 6.07) is 0. The SMILES string of the molecule is C1CCOC1.C[C@@H]1CC[C@]2(C)C3C(CC[C@@H]2C1)C1CCC2(OCCO2)[C@@]1(C)[C@H]1O[C@@H]31.C[C@@H]1CC[C@]2(C)C3C[C@H](O)[C@@]4(C)C(CCC45OCCO5)C3CC[C@@H]2C1.[AlH3].[H-].[Li+]. The van der Waals surface area contributed by atoms with Gasteiger partial charge in [0.25, 0.3) is 0 Å². The van der Waals surface area contributed by atoms with Gasteiger partial charge in [0, 0.05) is 26.1 Å². The molecule has 0 aromatic heterocycles. The molecule has 0 radical (unpaired) electrons. The molecule has 12 aliphatic rings. The van der Waals surface area contributed by atoms with Crippen molar-refractivity contribution in [2.75, 3.05) is 39.6 Å². The Balaban J connectivity index is 0.000000151. The third-order valence-corrected chi connectivity index (χ3v) is 20.6. The molecule has 320 valence electrons. The maximum atomic E-state index is 11.4. The van der Waals surface area contributed by atoms with Crippen LogP contribution >= 0.6 is 0 Å². The monoisotopic (exact) mass is 805 g/mol. The minimum atomic E-state index is -0.499. The van der Waals surface area contributed by atoms with E-state index in [1.54, 1.807) is 0 Å². The first-order valence-electron chi connectivity index (χ1n) is 23.9. The molecule has 4 saturated heterocycles. The van der Waals surface area contributed by atoms with E-state index in [0.29, 0.717) is 48.1 Å².